The predicted octanol–water partition coefficient (Wildman–Crippen LogP) is 2.69. The Bertz CT molecular complexity index is 1550. The summed E-state index contributed by atoms with van der Waals surface area (Å²) in [6, 6.07) is 6.33. The van der Waals surface area contributed by atoms with Gasteiger partial charge in [-0.2, -0.15) is 9.97 Å². The minimum absolute atomic E-state index is 0.00214. The highest BCUT2D eigenvalue weighted by atomic mass is 35.5. The maximum atomic E-state index is 16.0. The Hall–Kier alpha value is -3.77. The molecule has 10 nitrogen and oxygen atoms in total. The van der Waals surface area contributed by atoms with Crippen LogP contribution in [0.15, 0.2) is 24.3 Å². The molecule has 172 valence electrons. The van der Waals surface area contributed by atoms with E-state index < -0.39 is 23.3 Å². The van der Waals surface area contributed by atoms with Gasteiger partial charge in [0.15, 0.2) is 16.5 Å². The van der Waals surface area contributed by atoms with Crippen LogP contribution in [-0.2, 0) is 4.79 Å². The van der Waals surface area contributed by atoms with E-state index in [9.17, 15) is 9.59 Å². The largest absolute Gasteiger partial charge is 0.467 e. The van der Waals surface area contributed by atoms with Gasteiger partial charge < -0.3 is 20.7 Å². The number of rotatable bonds is 3. The Kier molecular flexibility index (Phi) is 4.35. The van der Waals surface area contributed by atoms with Gasteiger partial charge in [0.25, 0.3) is 5.91 Å². The first-order valence-electron chi connectivity index (χ1n) is 10.1. The summed E-state index contributed by atoms with van der Waals surface area (Å²) in [5, 5.41) is 5.71. The molecule has 0 aliphatic carbocycles. The zero-order valence-electron chi connectivity index (χ0n) is 17.5. The number of anilines is 2. The van der Waals surface area contributed by atoms with Crippen molar-refractivity contribution in [2.75, 3.05) is 30.8 Å². The fourth-order valence-electron chi connectivity index (χ4n) is 4.41. The van der Waals surface area contributed by atoms with E-state index in [-0.39, 0.29) is 35.2 Å². The number of hydrogen-bond donors (Lipinski definition) is 3. The van der Waals surface area contributed by atoms with E-state index in [4.69, 9.17) is 22.1 Å². The molecule has 0 radical (unpaired) electrons. The average molecular weight is 500 g/mol. The Balaban J connectivity index is 1.52. The minimum Gasteiger partial charge on any atom is -0.467 e. The molecule has 13 heteroatoms. The third kappa shape index (κ3) is 2.88. The highest BCUT2D eigenvalue weighted by Gasteiger charge is 2.55. The van der Waals surface area contributed by atoms with Crippen LogP contribution in [0.4, 0.5) is 20.1 Å². The van der Waals surface area contributed by atoms with Gasteiger partial charge in [-0.3, -0.25) is 10.1 Å². The lowest BCUT2D eigenvalue weighted by atomic mass is 9.89. The maximum absolute atomic E-state index is 16.0. The van der Waals surface area contributed by atoms with Crippen LogP contribution in [-0.4, -0.2) is 52.6 Å². The van der Waals surface area contributed by atoms with E-state index in [1.807, 2.05) is 6.07 Å². The quantitative estimate of drug-likeness (QED) is 0.366. The van der Waals surface area contributed by atoms with Crippen LogP contribution < -0.4 is 26.0 Å². The monoisotopic (exact) mass is 499 g/mol. The molecule has 0 bridgehead atoms. The summed E-state index contributed by atoms with van der Waals surface area (Å²) in [7, 11) is 1.38. The summed E-state index contributed by atoms with van der Waals surface area (Å²) < 4.78 is 22.0. The smallest absolute Gasteiger partial charge is 0.322 e. The van der Waals surface area contributed by atoms with Gasteiger partial charge in [-0.15, -0.1) is 0 Å². The summed E-state index contributed by atoms with van der Waals surface area (Å²) in [6.45, 7) is 0.302. The van der Waals surface area contributed by atoms with Crippen molar-refractivity contribution in [3.05, 3.63) is 35.1 Å². The van der Waals surface area contributed by atoms with Crippen molar-refractivity contribution in [3.63, 3.8) is 0 Å². The number of ether oxygens (including phenoxy) is 1. The third-order valence-electron chi connectivity index (χ3n) is 5.97. The number of urea groups is 1. The number of benzene rings is 2. The molecule has 1 spiro atoms. The van der Waals surface area contributed by atoms with E-state index in [1.165, 1.54) is 18.4 Å². The van der Waals surface area contributed by atoms with Crippen molar-refractivity contribution >= 4 is 66.9 Å². The first-order valence-corrected chi connectivity index (χ1v) is 11.3. The van der Waals surface area contributed by atoms with Crippen molar-refractivity contribution < 1.29 is 18.7 Å². The van der Waals surface area contributed by atoms with Crippen molar-refractivity contribution in [2.24, 2.45) is 0 Å². The lowest BCUT2D eigenvalue weighted by molar-refractivity contribution is -0.124. The highest BCUT2D eigenvalue weighted by molar-refractivity contribution is 7.22. The summed E-state index contributed by atoms with van der Waals surface area (Å²) in [5.74, 6) is -0.739. The number of fused-ring (bicyclic) bond motifs is 2. The van der Waals surface area contributed by atoms with Crippen LogP contribution >= 0.6 is 22.9 Å². The number of aromatic nitrogens is 3. The molecule has 3 amide bonds. The van der Waals surface area contributed by atoms with Crippen molar-refractivity contribution in [2.45, 2.75) is 5.54 Å². The van der Waals surface area contributed by atoms with Gasteiger partial charge in [0, 0.05) is 16.5 Å². The van der Waals surface area contributed by atoms with Gasteiger partial charge >= 0.3 is 12.0 Å². The zero-order valence-corrected chi connectivity index (χ0v) is 19.1. The Morgan fingerprint density at radius 3 is 2.74 bits per heavy atom. The van der Waals surface area contributed by atoms with E-state index in [0.717, 1.165) is 4.70 Å². The van der Waals surface area contributed by atoms with Crippen LogP contribution in [0.3, 0.4) is 0 Å². The molecule has 2 aromatic heterocycles. The number of carbonyl (C=O) groups excluding carboxylic acids is 2. The normalized spacial score (nSPS) is 16.7. The number of halogens is 2. The molecule has 2 aliphatic heterocycles. The number of para-hydroxylation sites is 1. The van der Waals surface area contributed by atoms with Crippen LogP contribution in [0.2, 0.25) is 5.02 Å². The van der Waals surface area contributed by atoms with E-state index in [1.54, 1.807) is 23.1 Å². The number of hydrogen-bond acceptors (Lipinski definition) is 9. The molecule has 6 rings (SSSR count). The Morgan fingerprint density at radius 2 is 2.03 bits per heavy atom. The standard InChI is InChI=1S/C21H15ClFN7O3S/c1-33-20-26-15-9(16(27-20)30-6-21(7-30)17(31)28-19(32)29-21)5-10(22)12(13(15)23)8-3-2-4-11-14(8)25-18(24)34-11/h2-5H,6-7H2,1H3,(H2,24,25)(H2,28,29,31,32). The number of nitrogens with two attached hydrogens (primary N) is 1. The van der Waals surface area contributed by atoms with Crippen LogP contribution in [0.5, 0.6) is 6.01 Å². The Morgan fingerprint density at radius 1 is 1.24 bits per heavy atom. The van der Waals surface area contributed by atoms with E-state index in [0.29, 0.717) is 27.4 Å². The van der Waals surface area contributed by atoms with Crippen LogP contribution in [0.1, 0.15) is 0 Å². The molecular formula is C21H15ClFN7O3S. The van der Waals surface area contributed by atoms with Gasteiger partial charge in [0.05, 0.1) is 35.4 Å². The Labute approximate surface area is 199 Å². The van der Waals surface area contributed by atoms with Gasteiger partial charge in [-0.05, 0) is 12.1 Å². The average Bonchev–Trinajstić information content (AvgIpc) is 3.30. The summed E-state index contributed by atoms with van der Waals surface area (Å²) in [4.78, 5) is 38.5. The summed E-state index contributed by atoms with van der Waals surface area (Å²) in [6.07, 6.45) is 0. The second kappa shape index (κ2) is 7.11. The van der Waals surface area contributed by atoms with Crippen molar-refractivity contribution in [3.8, 4) is 17.1 Å². The van der Waals surface area contributed by atoms with Crippen molar-refractivity contribution in [1.82, 2.24) is 25.6 Å². The first kappa shape index (κ1) is 20.8. The molecule has 34 heavy (non-hydrogen) atoms. The SMILES string of the molecule is COc1nc(N2CC3(C2)NC(=O)NC3=O)c2cc(Cl)c(-c3cccc4sc(N)nc34)c(F)c2n1. The fraction of sp³-hybridized carbons (Fsp3) is 0.190. The molecule has 0 saturated carbocycles. The molecule has 2 fully saturated rings. The number of methoxy groups -OCH3 is 1. The van der Waals surface area contributed by atoms with Crippen LogP contribution in [0, 0.1) is 5.82 Å². The molecule has 4 aromatic rings. The van der Waals surface area contributed by atoms with Gasteiger partial charge in [-0.25, -0.2) is 14.2 Å². The minimum atomic E-state index is -1.05. The molecule has 0 unspecified atom stereocenters. The highest BCUT2D eigenvalue weighted by Crippen LogP contribution is 2.43. The second-order valence-electron chi connectivity index (χ2n) is 8.03. The van der Waals surface area contributed by atoms with Crippen LogP contribution in [0.25, 0.3) is 32.2 Å². The molecule has 4 heterocycles. The van der Waals surface area contributed by atoms with Gasteiger partial charge in [0.2, 0.25) is 0 Å². The summed E-state index contributed by atoms with van der Waals surface area (Å²) >= 11 is 7.90. The first-order chi connectivity index (χ1) is 16.3. The zero-order chi connectivity index (χ0) is 23.8. The number of imide groups is 1. The number of carbonyl (C=O) groups is 2. The number of thiazole rings is 1. The maximum Gasteiger partial charge on any atom is 0.322 e. The molecule has 0 atom stereocenters. The lowest BCUT2D eigenvalue weighted by Gasteiger charge is -2.46. The van der Waals surface area contributed by atoms with Gasteiger partial charge in [0.1, 0.15) is 11.3 Å². The number of nitrogens with zero attached hydrogens (tertiary/aromatic N) is 4. The number of nitrogen functional groups attached to an aromatic ring is 1. The molecular weight excluding hydrogens is 485 g/mol. The summed E-state index contributed by atoms with van der Waals surface area (Å²) in [5.41, 5.74) is 5.99. The number of amides is 3. The van der Waals surface area contributed by atoms with E-state index in [2.05, 4.69) is 25.6 Å². The molecule has 2 saturated heterocycles. The second-order valence-corrected chi connectivity index (χ2v) is 9.50. The third-order valence-corrected chi connectivity index (χ3v) is 7.11. The van der Waals surface area contributed by atoms with Gasteiger partial charge in [-0.1, -0.05) is 35.1 Å². The van der Waals surface area contributed by atoms with E-state index >= 15 is 4.39 Å². The number of nitrogens with one attached hydrogen (secondary N) is 2. The molecule has 4 N–H and O–H groups in total. The predicted molar refractivity (Wildman–Crippen MR) is 126 cm³/mol. The lowest BCUT2D eigenvalue weighted by Crippen LogP contribution is -2.71. The fourth-order valence-corrected chi connectivity index (χ4v) is 5.47. The molecule has 2 aliphatic rings. The molecule has 2 aromatic carbocycles. The van der Waals surface area contributed by atoms with Crippen molar-refractivity contribution in [1.29, 1.82) is 0 Å². The topological polar surface area (TPSA) is 135 Å².